The van der Waals surface area contributed by atoms with Crippen LogP contribution in [0.3, 0.4) is 0 Å². The molecule has 0 aromatic heterocycles. The Bertz CT molecular complexity index is 447. The molecule has 0 N–H and O–H groups in total. The van der Waals surface area contributed by atoms with Crippen LogP contribution in [-0.4, -0.2) is 30.7 Å². The van der Waals surface area contributed by atoms with Crippen LogP contribution in [0.5, 0.6) is 0 Å². The Balaban J connectivity index is 1.61. The summed E-state index contributed by atoms with van der Waals surface area (Å²) >= 11 is 0. The average molecular weight is 259 g/mol. The third-order valence-corrected chi connectivity index (χ3v) is 4.98. The normalized spacial score (nSPS) is 22.4. The van der Waals surface area contributed by atoms with Gasteiger partial charge in [-0.1, -0.05) is 18.2 Å². The summed E-state index contributed by atoms with van der Waals surface area (Å²) in [5.74, 6) is 0. The standard InChI is InChI=1S/C17H25NO/c1-17(19-2)8-10-18(11-9-17)13-14-6-7-15-4-3-5-16(15)12-14/h6-7,12H,3-5,8-11,13H2,1-2H3. The van der Waals surface area contributed by atoms with Gasteiger partial charge in [-0.2, -0.15) is 0 Å². The number of ether oxygens (including phenoxy) is 1. The number of hydrogen-bond donors (Lipinski definition) is 0. The van der Waals surface area contributed by atoms with Crippen molar-refractivity contribution in [2.45, 2.75) is 51.2 Å². The fourth-order valence-corrected chi connectivity index (χ4v) is 3.37. The second-order valence-electron chi connectivity index (χ2n) is 6.39. The summed E-state index contributed by atoms with van der Waals surface area (Å²) in [6.07, 6.45) is 6.20. The van der Waals surface area contributed by atoms with E-state index in [9.17, 15) is 0 Å². The highest BCUT2D eigenvalue weighted by Gasteiger charge is 2.29. The first-order valence-electron chi connectivity index (χ1n) is 7.57. The highest BCUT2D eigenvalue weighted by molar-refractivity contribution is 5.35. The molecular weight excluding hydrogens is 234 g/mol. The van der Waals surface area contributed by atoms with Crippen LogP contribution in [0, 0.1) is 0 Å². The van der Waals surface area contributed by atoms with Crippen LogP contribution < -0.4 is 0 Å². The average Bonchev–Trinajstić information content (AvgIpc) is 2.89. The zero-order valence-corrected chi connectivity index (χ0v) is 12.2. The fraction of sp³-hybridized carbons (Fsp3) is 0.647. The SMILES string of the molecule is COC1(C)CCN(Cc2ccc3c(c2)CCC3)CC1. The molecule has 2 aliphatic rings. The van der Waals surface area contributed by atoms with Gasteiger partial charge < -0.3 is 4.74 Å². The van der Waals surface area contributed by atoms with Gasteiger partial charge in [-0.25, -0.2) is 0 Å². The van der Waals surface area contributed by atoms with E-state index >= 15 is 0 Å². The first-order valence-corrected chi connectivity index (χ1v) is 7.57. The van der Waals surface area contributed by atoms with E-state index in [4.69, 9.17) is 4.74 Å². The minimum absolute atomic E-state index is 0.106. The lowest BCUT2D eigenvalue weighted by atomic mass is 9.93. The van der Waals surface area contributed by atoms with Gasteiger partial charge in [-0.3, -0.25) is 4.90 Å². The molecule has 1 heterocycles. The van der Waals surface area contributed by atoms with Crippen LogP contribution in [0.15, 0.2) is 18.2 Å². The maximum atomic E-state index is 5.61. The van der Waals surface area contributed by atoms with Crippen molar-refractivity contribution in [2.24, 2.45) is 0 Å². The minimum Gasteiger partial charge on any atom is -0.378 e. The molecule has 1 aromatic rings. The van der Waals surface area contributed by atoms with Gasteiger partial charge in [0.15, 0.2) is 0 Å². The summed E-state index contributed by atoms with van der Waals surface area (Å²) in [5, 5.41) is 0. The number of benzene rings is 1. The molecule has 104 valence electrons. The Kier molecular flexibility index (Phi) is 3.64. The van der Waals surface area contributed by atoms with Crippen LogP contribution in [0.25, 0.3) is 0 Å². The van der Waals surface area contributed by atoms with Crippen molar-refractivity contribution in [2.75, 3.05) is 20.2 Å². The van der Waals surface area contributed by atoms with Crippen molar-refractivity contribution in [1.29, 1.82) is 0 Å². The molecule has 19 heavy (non-hydrogen) atoms. The zero-order chi connectivity index (χ0) is 13.3. The molecule has 2 nitrogen and oxygen atoms in total. The summed E-state index contributed by atoms with van der Waals surface area (Å²) in [5.41, 5.74) is 4.77. The predicted molar refractivity (Wildman–Crippen MR) is 78.4 cm³/mol. The van der Waals surface area contributed by atoms with E-state index in [1.165, 1.54) is 24.8 Å². The number of aryl methyl sites for hydroxylation is 2. The highest BCUT2D eigenvalue weighted by atomic mass is 16.5. The van der Waals surface area contributed by atoms with E-state index in [1.54, 1.807) is 11.1 Å². The van der Waals surface area contributed by atoms with Crippen LogP contribution in [0.1, 0.15) is 42.9 Å². The van der Waals surface area contributed by atoms with Crippen LogP contribution >= 0.6 is 0 Å². The van der Waals surface area contributed by atoms with Crippen molar-refractivity contribution in [3.8, 4) is 0 Å². The maximum Gasteiger partial charge on any atom is 0.0675 e. The molecular formula is C17H25NO. The van der Waals surface area contributed by atoms with E-state index < -0.39 is 0 Å². The van der Waals surface area contributed by atoms with Gasteiger partial charge >= 0.3 is 0 Å². The summed E-state index contributed by atoms with van der Waals surface area (Å²) in [6, 6.07) is 7.11. The minimum atomic E-state index is 0.106. The number of fused-ring (bicyclic) bond motifs is 1. The van der Waals surface area contributed by atoms with E-state index in [0.717, 1.165) is 32.5 Å². The van der Waals surface area contributed by atoms with E-state index in [-0.39, 0.29) is 5.60 Å². The number of nitrogens with zero attached hydrogens (tertiary/aromatic N) is 1. The molecule has 0 amide bonds. The Morgan fingerprint density at radius 3 is 2.63 bits per heavy atom. The molecule has 1 aliphatic carbocycles. The summed E-state index contributed by atoms with van der Waals surface area (Å²) < 4.78 is 5.61. The Morgan fingerprint density at radius 2 is 1.89 bits per heavy atom. The Morgan fingerprint density at radius 1 is 1.16 bits per heavy atom. The summed E-state index contributed by atoms with van der Waals surface area (Å²) in [7, 11) is 1.84. The van der Waals surface area contributed by atoms with Gasteiger partial charge in [0.25, 0.3) is 0 Å². The lowest BCUT2D eigenvalue weighted by Gasteiger charge is -2.38. The van der Waals surface area contributed by atoms with Gasteiger partial charge in [-0.05, 0) is 55.7 Å². The molecule has 0 radical (unpaired) electrons. The topological polar surface area (TPSA) is 12.5 Å². The lowest BCUT2D eigenvalue weighted by molar-refractivity contribution is -0.0440. The largest absolute Gasteiger partial charge is 0.378 e. The predicted octanol–water partition coefficient (Wildman–Crippen LogP) is 3.18. The number of piperidine rings is 1. The van der Waals surface area contributed by atoms with Crippen molar-refractivity contribution in [1.82, 2.24) is 4.90 Å². The zero-order valence-electron chi connectivity index (χ0n) is 12.2. The van der Waals surface area contributed by atoms with Gasteiger partial charge in [-0.15, -0.1) is 0 Å². The quantitative estimate of drug-likeness (QED) is 0.826. The van der Waals surface area contributed by atoms with Crippen molar-refractivity contribution < 1.29 is 4.74 Å². The van der Waals surface area contributed by atoms with Gasteiger partial charge in [0.1, 0.15) is 0 Å². The molecule has 1 aliphatic heterocycles. The van der Waals surface area contributed by atoms with Crippen LogP contribution in [-0.2, 0) is 24.1 Å². The molecule has 1 saturated heterocycles. The monoisotopic (exact) mass is 259 g/mol. The summed E-state index contributed by atoms with van der Waals surface area (Å²) in [6.45, 7) is 5.65. The third kappa shape index (κ3) is 2.85. The molecule has 1 fully saturated rings. The smallest absolute Gasteiger partial charge is 0.0675 e. The van der Waals surface area contributed by atoms with Crippen LogP contribution in [0.2, 0.25) is 0 Å². The van der Waals surface area contributed by atoms with Crippen LogP contribution in [0.4, 0.5) is 0 Å². The van der Waals surface area contributed by atoms with Gasteiger partial charge in [0.2, 0.25) is 0 Å². The summed E-state index contributed by atoms with van der Waals surface area (Å²) in [4.78, 5) is 2.57. The Hall–Kier alpha value is -0.860. The van der Waals surface area contributed by atoms with E-state index in [0.29, 0.717) is 0 Å². The third-order valence-electron chi connectivity index (χ3n) is 4.98. The van der Waals surface area contributed by atoms with E-state index in [1.807, 2.05) is 7.11 Å². The molecule has 0 saturated carbocycles. The van der Waals surface area contributed by atoms with Crippen molar-refractivity contribution in [3.05, 3.63) is 34.9 Å². The molecule has 0 bridgehead atoms. The van der Waals surface area contributed by atoms with Gasteiger partial charge in [0, 0.05) is 26.7 Å². The number of methoxy groups -OCH3 is 1. The number of hydrogen-bond acceptors (Lipinski definition) is 2. The number of likely N-dealkylation sites (tertiary alicyclic amines) is 1. The van der Waals surface area contributed by atoms with E-state index in [2.05, 4.69) is 30.0 Å². The molecule has 0 atom stereocenters. The molecule has 0 spiro atoms. The van der Waals surface area contributed by atoms with Crippen molar-refractivity contribution >= 4 is 0 Å². The highest BCUT2D eigenvalue weighted by Crippen LogP contribution is 2.27. The first kappa shape index (κ1) is 13.1. The molecule has 1 aromatic carbocycles. The molecule has 2 heteroatoms. The Labute approximate surface area is 116 Å². The first-order chi connectivity index (χ1) is 9.18. The number of rotatable bonds is 3. The lowest BCUT2D eigenvalue weighted by Crippen LogP contribution is -2.43. The second-order valence-corrected chi connectivity index (χ2v) is 6.39. The maximum absolute atomic E-state index is 5.61. The van der Waals surface area contributed by atoms with Crippen molar-refractivity contribution in [3.63, 3.8) is 0 Å². The molecule has 0 unspecified atom stereocenters. The second kappa shape index (κ2) is 5.26. The fourth-order valence-electron chi connectivity index (χ4n) is 3.37. The molecule has 3 rings (SSSR count). The van der Waals surface area contributed by atoms with Gasteiger partial charge in [0.05, 0.1) is 5.60 Å².